The molecule has 0 spiro atoms. The molecule has 0 saturated heterocycles. The molecule has 16 heavy (non-hydrogen) atoms. The van der Waals surface area contributed by atoms with Crippen molar-refractivity contribution in [1.29, 1.82) is 0 Å². The molecule has 5 heteroatoms. The smallest absolute Gasteiger partial charge is 0.228 e. The molecule has 1 unspecified atom stereocenters. The van der Waals surface area contributed by atoms with Crippen molar-refractivity contribution in [2.45, 2.75) is 32.2 Å². The van der Waals surface area contributed by atoms with Gasteiger partial charge >= 0.3 is 0 Å². The molecule has 0 bridgehead atoms. The van der Waals surface area contributed by atoms with Gasteiger partial charge < -0.3 is 15.2 Å². The standard InChI is InChI=1S/C11H16N4O/c1-2-4-8(12)7-10-14-11(15-16-10)9-5-3-6-13-9/h3,5-6,8,13H,2,4,7,12H2,1H3. The molecule has 2 aromatic heterocycles. The molecule has 0 aliphatic heterocycles. The van der Waals surface area contributed by atoms with Gasteiger partial charge in [0.2, 0.25) is 11.7 Å². The zero-order valence-electron chi connectivity index (χ0n) is 9.31. The predicted octanol–water partition coefficient (Wildman–Crippen LogP) is 1.73. The topological polar surface area (TPSA) is 80.7 Å². The Bertz CT molecular complexity index is 421. The number of H-pyrrole nitrogens is 1. The van der Waals surface area contributed by atoms with E-state index in [-0.39, 0.29) is 6.04 Å². The van der Waals surface area contributed by atoms with Crippen LogP contribution in [0, 0.1) is 0 Å². The van der Waals surface area contributed by atoms with Crippen molar-refractivity contribution >= 4 is 0 Å². The number of rotatable bonds is 5. The van der Waals surface area contributed by atoms with E-state index in [0.717, 1.165) is 18.5 Å². The van der Waals surface area contributed by atoms with Crippen LogP contribution in [0.3, 0.4) is 0 Å². The third kappa shape index (κ3) is 2.49. The van der Waals surface area contributed by atoms with Gasteiger partial charge in [-0.2, -0.15) is 4.98 Å². The van der Waals surface area contributed by atoms with Crippen molar-refractivity contribution in [3.8, 4) is 11.5 Å². The van der Waals surface area contributed by atoms with Gasteiger partial charge in [0.15, 0.2) is 0 Å². The van der Waals surface area contributed by atoms with Crippen molar-refractivity contribution in [2.24, 2.45) is 5.73 Å². The molecule has 0 radical (unpaired) electrons. The van der Waals surface area contributed by atoms with Gasteiger partial charge in [-0.05, 0) is 18.6 Å². The summed E-state index contributed by atoms with van der Waals surface area (Å²) >= 11 is 0. The number of nitrogens with one attached hydrogen (secondary N) is 1. The summed E-state index contributed by atoms with van der Waals surface area (Å²) in [5.74, 6) is 1.19. The molecule has 5 nitrogen and oxygen atoms in total. The van der Waals surface area contributed by atoms with E-state index in [2.05, 4.69) is 22.0 Å². The van der Waals surface area contributed by atoms with Crippen LogP contribution in [0.5, 0.6) is 0 Å². The summed E-state index contributed by atoms with van der Waals surface area (Å²) < 4.78 is 5.14. The van der Waals surface area contributed by atoms with Gasteiger partial charge in [0.25, 0.3) is 0 Å². The average Bonchev–Trinajstić information content (AvgIpc) is 2.86. The van der Waals surface area contributed by atoms with Crippen molar-refractivity contribution in [2.75, 3.05) is 0 Å². The lowest BCUT2D eigenvalue weighted by molar-refractivity contribution is 0.366. The molecule has 0 aromatic carbocycles. The van der Waals surface area contributed by atoms with Gasteiger partial charge in [-0.1, -0.05) is 18.5 Å². The quantitative estimate of drug-likeness (QED) is 0.804. The van der Waals surface area contributed by atoms with Gasteiger partial charge in [-0.3, -0.25) is 0 Å². The Morgan fingerprint density at radius 2 is 2.44 bits per heavy atom. The van der Waals surface area contributed by atoms with Crippen molar-refractivity contribution in [3.05, 3.63) is 24.2 Å². The fraction of sp³-hybridized carbons (Fsp3) is 0.455. The Morgan fingerprint density at radius 3 is 3.12 bits per heavy atom. The van der Waals surface area contributed by atoms with Crippen molar-refractivity contribution in [3.63, 3.8) is 0 Å². The molecule has 0 amide bonds. The molecule has 1 atom stereocenters. The molecule has 0 fully saturated rings. The number of hydrogen-bond donors (Lipinski definition) is 2. The molecule has 0 aliphatic rings. The second-order valence-corrected chi connectivity index (χ2v) is 3.85. The maximum Gasteiger partial charge on any atom is 0.228 e. The Morgan fingerprint density at radius 1 is 1.56 bits per heavy atom. The number of nitrogens with two attached hydrogens (primary N) is 1. The van der Waals surface area contributed by atoms with Crippen molar-refractivity contribution in [1.82, 2.24) is 15.1 Å². The minimum absolute atomic E-state index is 0.0990. The van der Waals surface area contributed by atoms with E-state index in [1.165, 1.54) is 0 Å². The van der Waals surface area contributed by atoms with Crippen LogP contribution in [0.4, 0.5) is 0 Å². The van der Waals surface area contributed by atoms with Gasteiger partial charge in [0.05, 0.1) is 5.69 Å². The average molecular weight is 220 g/mol. The predicted molar refractivity (Wildman–Crippen MR) is 60.7 cm³/mol. The maximum atomic E-state index is 5.91. The zero-order chi connectivity index (χ0) is 11.4. The van der Waals surface area contributed by atoms with Crippen LogP contribution in [0.2, 0.25) is 0 Å². The van der Waals surface area contributed by atoms with Crippen LogP contribution < -0.4 is 5.73 Å². The summed E-state index contributed by atoms with van der Waals surface area (Å²) in [4.78, 5) is 7.31. The first-order valence-electron chi connectivity index (χ1n) is 5.51. The highest BCUT2D eigenvalue weighted by molar-refractivity contribution is 5.47. The Labute approximate surface area is 94.0 Å². The van der Waals surface area contributed by atoms with Crippen LogP contribution >= 0.6 is 0 Å². The van der Waals surface area contributed by atoms with E-state index in [4.69, 9.17) is 10.3 Å². The maximum absolute atomic E-state index is 5.91. The number of hydrogen-bond acceptors (Lipinski definition) is 4. The second-order valence-electron chi connectivity index (χ2n) is 3.85. The third-order valence-corrected chi connectivity index (χ3v) is 2.40. The molecule has 2 rings (SSSR count). The van der Waals surface area contributed by atoms with E-state index in [0.29, 0.717) is 18.1 Å². The van der Waals surface area contributed by atoms with Crippen LogP contribution in [0.25, 0.3) is 11.5 Å². The van der Waals surface area contributed by atoms with Gasteiger partial charge in [-0.25, -0.2) is 0 Å². The summed E-state index contributed by atoms with van der Waals surface area (Å²) in [6, 6.07) is 3.90. The van der Waals surface area contributed by atoms with Crippen LogP contribution in [0.15, 0.2) is 22.9 Å². The monoisotopic (exact) mass is 220 g/mol. The lowest BCUT2D eigenvalue weighted by Crippen LogP contribution is -2.22. The van der Waals surface area contributed by atoms with Gasteiger partial charge in [0, 0.05) is 18.7 Å². The Kier molecular flexibility index (Phi) is 3.36. The highest BCUT2D eigenvalue weighted by atomic mass is 16.5. The van der Waals surface area contributed by atoms with E-state index >= 15 is 0 Å². The molecular formula is C11H16N4O. The number of nitrogens with zero attached hydrogens (tertiary/aromatic N) is 2. The summed E-state index contributed by atoms with van der Waals surface area (Å²) in [5, 5.41) is 3.90. The van der Waals surface area contributed by atoms with Crippen LogP contribution in [-0.4, -0.2) is 21.2 Å². The minimum Gasteiger partial charge on any atom is -0.359 e. The molecule has 86 valence electrons. The fourth-order valence-corrected chi connectivity index (χ4v) is 1.61. The van der Waals surface area contributed by atoms with E-state index in [9.17, 15) is 0 Å². The Hall–Kier alpha value is -1.62. The van der Waals surface area contributed by atoms with Gasteiger partial charge in [-0.15, -0.1) is 0 Å². The van der Waals surface area contributed by atoms with Crippen LogP contribution in [0.1, 0.15) is 25.7 Å². The molecule has 0 aliphatic carbocycles. The van der Waals surface area contributed by atoms with Crippen molar-refractivity contribution < 1.29 is 4.52 Å². The fourth-order valence-electron chi connectivity index (χ4n) is 1.61. The lowest BCUT2D eigenvalue weighted by Gasteiger charge is -2.05. The molecular weight excluding hydrogens is 204 g/mol. The molecule has 3 N–H and O–H groups in total. The van der Waals surface area contributed by atoms with E-state index in [1.807, 2.05) is 18.3 Å². The summed E-state index contributed by atoms with van der Waals surface area (Å²) in [6.07, 6.45) is 4.51. The molecule has 2 heterocycles. The SMILES string of the molecule is CCCC(N)Cc1nc(-c2ccc[nH]2)no1. The number of aromatic amines is 1. The number of aromatic nitrogens is 3. The summed E-state index contributed by atoms with van der Waals surface area (Å²) in [5.41, 5.74) is 6.77. The Balaban J connectivity index is 2.03. The zero-order valence-corrected chi connectivity index (χ0v) is 9.31. The van der Waals surface area contributed by atoms with E-state index < -0.39 is 0 Å². The highest BCUT2D eigenvalue weighted by Crippen LogP contribution is 2.13. The first-order chi connectivity index (χ1) is 7.79. The second kappa shape index (κ2) is 4.94. The largest absolute Gasteiger partial charge is 0.359 e. The summed E-state index contributed by atoms with van der Waals surface area (Å²) in [7, 11) is 0. The lowest BCUT2D eigenvalue weighted by atomic mass is 10.1. The molecule has 2 aromatic rings. The third-order valence-electron chi connectivity index (χ3n) is 2.40. The summed E-state index contributed by atoms with van der Waals surface area (Å²) in [6.45, 7) is 2.11. The highest BCUT2D eigenvalue weighted by Gasteiger charge is 2.11. The normalized spacial score (nSPS) is 12.9. The first kappa shape index (κ1) is 10.9. The van der Waals surface area contributed by atoms with Crippen LogP contribution in [-0.2, 0) is 6.42 Å². The molecule has 0 saturated carbocycles. The van der Waals surface area contributed by atoms with Gasteiger partial charge in [0.1, 0.15) is 0 Å². The minimum atomic E-state index is 0.0990. The van der Waals surface area contributed by atoms with E-state index in [1.54, 1.807) is 0 Å². The first-order valence-corrected chi connectivity index (χ1v) is 5.51.